The minimum Gasteiger partial charge on any atom is -0.497 e. The summed E-state index contributed by atoms with van der Waals surface area (Å²) in [5.41, 5.74) is 1.29. The zero-order chi connectivity index (χ0) is 18.8. The third-order valence-electron chi connectivity index (χ3n) is 3.71. The zero-order valence-corrected chi connectivity index (χ0v) is 14.9. The molecule has 1 fully saturated rings. The maximum absolute atomic E-state index is 9.55. The number of ether oxygens (including phenoxy) is 1. The number of hydrogen-bond donors (Lipinski definition) is 2. The molecule has 0 saturated carbocycles. The van der Waals surface area contributed by atoms with Gasteiger partial charge >= 0.3 is 11.9 Å². The molecule has 2 N–H and O–H groups in total. The van der Waals surface area contributed by atoms with Gasteiger partial charge in [0.25, 0.3) is 0 Å². The summed E-state index contributed by atoms with van der Waals surface area (Å²) >= 11 is 0. The Balaban J connectivity index is 0.000000333. The second kappa shape index (κ2) is 10.4. The van der Waals surface area contributed by atoms with Gasteiger partial charge in [0.2, 0.25) is 0 Å². The Morgan fingerprint density at radius 1 is 1.28 bits per heavy atom. The molecule has 138 valence electrons. The molecule has 0 radical (unpaired) electrons. The minimum absolute atomic E-state index is 0.558. The van der Waals surface area contributed by atoms with Gasteiger partial charge in [0.1, 0.15) is 5.75 Å². The molecule has 0 spiro atoms. The van der Waals surface area contributed by atoms with Crippen LogP contribution in [0.3, 0.4) is 0 Å². The SMILES string of the molecule is COc1cccc(N2CCCC2CN(C)C)c1.O=C(O)C=CC(=O)O. The number of carbonyl (C=O) groups is 2. The van der Waals surface area contributed by atoms with Crippen molar-refractivity contribution in [3.05, 3.63) is 36.4 Å². The Labute approximate surface area is 148 Å². The van der Waals surface area contributed by atoms with Crippen LogP contribution in [-0.4, -0.2) is 67.4 Å². The summed E-state index contributed by atoms with van der Waals surface area (Å²) in [5, 5.41) is 15.6. The minimum atomic E-state index is -1.26. The van der Waals surface area contributed by atoms with Crippen LogP contribution in [0.2, 0.25) is 0 Å². The van der Waals surface area contributed by atoms with E-state index in [-0.39, 0.29) is 0 Å². The van der Waals surface area contributed by atoms with E-state index in [1.54, 1.807) is 7.11 Å². The van der Waals surface area contributed by atoms with E-state index < -0.39 is 11.9 Å². The molecule has 2 rings (SSSR count). The lowest BCUT2D eigenvalue weighted by Gasteiger charge is -2.29. The van der Waals surface area contributed by atoms with Crippen molar-refractivity contribution < 1.29 is 24.5 Å². The number of aliphatic carboxylic acids is 2. The first-order chi connectivity index (χ1) is 11.8. The summed E-state index contributed by atoms with van der Waals surface area (Å²) in [7, 11) is 6.00. The maximum atomic E-state index is 9.55. The van der Waals surface area contributed by atoms with Crippen molar-refractivity contribution in [3.63, 3.8) is 0 Å². The fraction of sp³-hybridized carbons (Fsp3) is 0.444. The van der Waals surface area contributed by atoms with E-state index in [4.69, 9.17) is 14.9 Å². The Hall–Kier alpha value is -2.54. The number of methoxy groups -OCH3 is 1. The molecule has 1 saturated heterocycles. The van der Waals surface area contributed by atoms with Crippen LogP contribution in [0.4, 0.5) is 5.69 Å². The smallest absolute Gasteiger partial charge is 0.328 e. The van der Waals surface area contributed by atoms with Gasteiger partial charge in [-0.1, -0.05) is 6.07 Å². The molecule has 0 amide bonds. The van der Waals surface area contributed by atoms with Crippen LogP contribution >= 0.6 is 0 Å². The predicted octanol–water partition coefficient (Wildman–Crippen LogP) is 1.94. The summed E-state index contributed by atoms with van der Waals surface area (Å²) in [5.74, 6) is -1.57. The standard InChI is InChI=1S/C14H22N2O.C4H4O4/c1-15(2)11-13-7-5-9-16(13)12-6-4-8-14(10-12)17-3;5-3(6)1-2-4(7)8/h4,6,8,10,13H,5,7,9,11H2,1-3H3;1-2H,(H,5,6)(H,7,8). The van der Waals surface area contributed by atoms with Crippen molar-refractivity contribution in [2.24, 2.45) is 0 Å². The van der Waals surface area contributed by atoms with Crippen LogP contribution in [0.15, 0.2) is 36.4 Å². The fourth-order valence-electron chi connectivity index (χ4n) is 2.72. The van der Waals surface area contributed by atoms with Crippen LogP contribution in [0, 0.1) is 0 Å². The van der Waals surface area contributed by atoms with Crippen molar-refractivity contribution in [1.82, 2.24) is 4.90 Å². The number of rotatable bonds is 6. The first-order valence-electron chi connectivity index (χ1n) is 8.03. The number of likely N-dealkylation sites (N-methyl/N-ethyl adjacent to an activating group) is 1. The predicted molar refractivity (Wildman–Crippen MR) is 96.3 cm³/mol. The maximum Gasteiger partial charge on any atom is 0.328 e. The van der Waals surface area contributed by atoms with Crippen LogP contribution in [0.5, 0.6) is 5.75 Å². The number of carboxylic acid groups (broad SMARTS) is 2. The summed E-state index contributed by atoms with van der Waals surface area (Å²) in [4.78, 5) is 23.9. The third-order valence-corrected chi connectivity index (χ3v) is 3.71. The highest BCUT2D eigenvalue weighted by Crippen LogP contribution is 2.28. The molecular weight excluding hydrogens is 324 g/mol. The molecule has 1 heterocycles. The monoisotopic (exact) mass is 350 g/mol. The lowest BCUT2D eigenvalue weighted by Crippen LogP contribution is -2.37. The summed E-state index contributed by atoms with van der Waals surface area (Å²) in [6, 6.07) is 9.02. The average molecular weight is 350 g/mol. The van der Waals surface area contributed by atoms with E-state index in [0.717, 1.165) is 18.8 Å². The van der Waals surface area contributed by atoms with Crippen molar-refractivity contribution in [1.29, 1.82) is 0 Å². The summed E-state index contributed by atoms with van der Waals surface area (Å²) in [6.07, 6.45) is 3.69. The highest BCUT2D eigenvalue weighted by molar-refractivity contribution is 5.89. The molecule has 1 aliphatic heterocycles. The summed E-state index contributed by atoms with van der Waals surface area (Å²) in [6.45, 7) is 2.28. The topological polar surface area (TPSA) is 90.3 Å². The van der Waals surface area contributed by atoms with Gasteiger partial charge in [0.15, 0.2) is 0 Å². The Morgan fingerprint density at radius 2 is 1.92 bits per heavy atom. The summed E-state index contributed by atoms with van der Waals surface area (Å²) < 4.78 is 5.29. The fourth-order valence-corrected chi connectivity index (χ4v) is 2.72. The van der Waals surface area contributed by atoms with E-state index in [9.17, 15) is 9.59 Å². The molecule has 7 heteroatoms. The molecule has 1 aromatic rings. The zero-order valence-electron chi connectivity index (χ0n) is 14.9. The molecule has 1 atom stereocenters. The molecule has 1 aliphatic rings. The molecule has 1 unspecified atom stereocenters. The van der Waals surface area contributed by atoms with Crippen LogP contribution in [-0.2, 0) is 9.59 Å². The van der Waals surface area contributed by atoms with E-state index >= 15 is 0 Å². The van der Waals surface area contributed by atoms with Gasteiger partial charge in [-0.15, -0.1) is 0 Å². The molecule has 0 aromatic heterocycles. The van der Waals surface area contributed by atoms with Gasteiger partial charge in [-0.2, -0.15) is 0 Å². The molecule has 25 heavy (non-hydrogen) atoms. The molecule has 7 nitrogen and oxygen atoms in total. The lowest BCUT2D eigenvalue weighted by atomic mass is 10.2. The average Bonchev–Trinajstić information content (AvgIpc) is 3.01. The number of nitrogens with zero attached hydrogens (tertiary/aromatic N) is 2. The highest BCUT2D eigenvalue weighted by Gasteiger charge is 2.25. The van der Waals surface area contributed by atoms with Crippen LogP contribution in [0.1, 0.15) is 12.8 Å². The second-order valence-electron chi connectivity index (χ2n) is 5.96. The lowest BCUT2D eigenvalue weighted by molar-refractivity contribution is -0.134. The Kier molecular flexibility index (Phi) is 8.49. The molecule has 0 bridgehead atoms. The number of carboxylic acids is 2. The van der Waals surface area contributed by atoms with Crippen molar-refractivity contribution in [2.75, 3.05) is 39.2 Å². The van der Waals surface area contributed by atoms with E-state index in [0.29, 0.717) is 18.2 Å². The van der Waals surface area contributed by atoms with Gasteiger partial charge in [0.05, 0.1) is 7.11 Å². The van der Waals surface area contributed by atoms with Gasteiger partial charge in [-0.05, 0) is 39.1 Å². The van der Waals surface area contributed by atoms with Gasteiger partial charge < -0.3 is 24.7 Å². The number of anilines is 1. The first-order valence-corrected chi connectivity index (χ1v) is 8.03. The van der Waals surface area contributed by atoms with Crippen LogP contribution < -0.4 is 9.64 Å². The number of hydrogen-bond acceptors (Lipinski definition) is 5. The largest absolute Gasteiger partial charge is 0.497 e. The van der Waals surface area contributed by atoms with E-state index in [2.05, 4.69) is 42.1 Å². The van der Waals surface area contributed by atoms with E-state index in [1.807, 2.05) is 6.07 Å². The normalized spacial score (nSPS) is 16.6. The Bertz CT molecular complexity index is 585. The molecular formula is C18H26N2O5. The third kappa shape index (κ3) is 7.71. The highest BCUT2D eigenvalue weighted by atomic mass is 16.5. The van der Waals surface area contributed by atoms with Crippen molar-refractivity contribution in [2.45, 2.75) is 18.9 Å². The van der Waals surface area contributed by atoms with Crippen molar-refractivity contribution >= 4 is 17.6 Å². The Morgan fingerprint density at radius 3 is 2.44 bits per heavy atom. The molecule has 0 aliphatic carbocycles. The van der Waals surface area contributed by atoms with Crippen molar-refractivity contribution in [3.8, 4) is 5.75 Å². The van der Waals surface area contributed by atoms with Gasteiger partial charge in [-0.25, -0.2) is 9.59 Å². The van der Waals surface area contributed by atoms with Gasteiger partial charge in [-0.3, -0.25) is 0 Å². The van der Waals surface area contributed by atoms with Gasteiger partial charge in [0, 0.05) is 43.0 Å². The van der Waals surface area contributed by atoms with E-state index in [1.165, 1.54) is 18.5 Å². The first kappa shape index (κ1) is 20.5. The second-order valence-corrected chi connectivity index (χ2v) is 5.96. The number of benzene rings is 1. The quantitative estimate of drug-likeness (QED) is 0.758. The van der Waals surface area contributed by atoms with Crippen LogP contribution in [0.25, 0.3) is 0 Å². The molecule has 1 aromatic carbocycles.